The minimum Gasteiger partial charge on any atom is -0.314 e. The summed E-state index contributed by atoms with van der Waals surface area (Å²) in [5.41, 5.74) is 1.19. The van der Waals surface area contributed by atoms with Crippen molar-refractivity contribution in [2.45, 2.75) is 39.3 Å². The van der Waals surface area contributed by atoms with Crippen LogP contribution in [0.3, 0.4) is 0 Å². The van der Waals surface area contributed by atoms with E-state index in [0.717, 1.165) is 19.0 Å². The summed E-state index contributed by atoms with van der Waals surface area (Å²) >= 11 is 0. The Balaban J connectivity index is 1.89. The van der Waals surface area contributed by atoms with Crippen molar-refractivity contribution < 1.29 is 0 Å². The second kappa shape index (κ2) is 6.86. The minimum absolute atomic E-state index is 0.708. The number of aromatic nitrogens is 1. The number of piperidine rings is 1. The van der Waals surface area contributed by atoms with E-state index in [-0.39, 0.29) is 0 Å². The first-order chi connectivity index (χ1) is 8.83. The highest BCUT2D eigenvalue weighted by molar-refractivity contribution is 5.03. The molecule has 0 spiro atoms. The van der Waals surface area contributed by atoms with Gasteiger partial charge in [-0.3, -0.25) is 9.88 Å². The average molecular weight is 247 g/mol. The quantitative estimate of drug-likeness (QED) is 0.865. The van der Waals surface area contributed by atoms with E-state index in [9.17, 15) is 0 Å². The van der Waals surface area contributed by atoms with Crippen molar-refractivity contribution in [1.82, 2.24) is 15.2 Å². The molecule has 18 heavy (non-hydrogen) atoms. The summed E-state index contributed by atoms with van der Waals surface area (Å²) in [4.78, 5) is 6.97. The average Bonchev–Trinajstić information content (AvgIpc) is 2.42. The molecular weight excluding hydrogens is 222 g/mol. The molecule has 2 heterocycles. The lowest BCUT2D eigenvalue weighted by Crippen LogP contribution is -2.48. The maximum atomic E-state index is 4.42. The molecule has 0 radical (unpaired) electrons. The van der Waals surface area contributed by atoms with Crippen LogP contribution in [0.2, 0.25) is 0 Å². The van der Waals surface area contributed by atoms with Gasteiger partial charge in [-0.1, -0.05) is 26.3 Å². The second-order valence-electron chi connectivity index (χ2n) is 5.18. The molecular formula is C15H25N3. The Labute approximate surface area is 111 Å². The smallest absolute Gasteiger partial charge is 0.0543 e. The fraction of sp³-hybridized carbons (Fsp3) is 0.667. The highest BCUT2D eigenvalue weighted by atomic mass is 15.2. The van der Waals surface area contributed by atoms with Crippen LogP contribution in [-0.4, -0.2) is 35.6 Å². The third-order valence-electron chi connectivity index (χ3n) is 3.92. The molecule has 2 unspecified atom stereocenters. The molecule has 1 fully saturated rings. The van der Waals surface area contributed by atoms with E-state index in [4.69, 9.17) is 0 Å². The molecule has 1 aromatic heterocycles. The second-order valence-corrected chi connectivity index (χ2v) is 5.18. The third kappa shape index (κ3) is 3.53. The van der Waals surface area contributed by atoms with Crippen LogP contribution in [0.1, 0.15) is 32.4 Å². The van der Waals surface area contributed by atoms with Gasteiger partial charge in [0.1, 0.15) is 0 Å². The lowest BCUT2D eigenvalue weighted by molar-refractivity contribution is 0.128. The Kier molecular flexibility index (Phi) is 5.14. The van der Waals surface area contributed by atoms with E-state index in [0.29, 0.717) is 6.04 Å². The van der Waals surface area contributed by atoms with Crippen molar-refractivity contribution in [2.75, 3.05) is 19.6 Å². The number of nitrogens with zero attached hydrogens (tertiary/aromatic N) is 2. The van der Waals surface area contributed by atoms with E-state index < -0.39 is 0 Å². The normalized spacial score (nSPS) is 25.2. The van der Waals surface area contributed by atoms with Crippen LogP contribution < -0.4 is 5.32 Å². The fourth-order valence-corrected chi connectivity index (χ4v) is 2.92. The highest BCUT2D eigenvalue weighted by Gasteiger charge is 2.27. The van der Waals surface area contributed by atoms with E-state index in [1.165, 1.54) is 31.6 Å². The lowest BCUT2D eigenvalue weighted by atomic mass is 9.90. The summed E-state index contributed by atoms with van der Waals surface area (Å²) in [6.07, 6.45) is 4.41. The van der Waals surface area contributed by atoms with Crippen molar-refractivity contribution in [3.05, 3.63) is 30.1 Å². The molecule has 0 aliphatic carbocycles. The van der Waals surface area contributed by atoms with Crippen LogP contribution in [0.25, 0.3) is 0 Å². The van der Waals surface area contributed by atoms with Crippen molar-refractivity contribution in [3.8, 4) is 0 Å². The van der Waals surface area contributed by atoms with Gasteiger partial charge in [0.25, 0.3) is 0 Å². The van der Waals surface area contributed by atoms with Crippen LogP contribution >= 0.6 is 0 Å². The number of nitrogens with one attached hydrogen (secondary N) is 1. The largest absolute Gasteiger partial charge is 0.314 e. The molecule has 0 amide bonds. The van der Waals surface area contributed by atoms with Crippen molar-refractivity contribution >= 4 is 0 Å². The molecule has 1 aromatic rings. The van der Waals surface area contributed by atoms with E-state index in [2.05, 4.69) is 41.2 Å². The Morgan fingerprint density at radius 3 is 2.94 bits per heavy atom. The van der Waals surface area contributed by atoms with Gasteiger partial charge in [-0.05, 0) is 31.0 Å². The summed E-state index contributed by atoms with van der Waals surface area (Å²) in [6.45, 7) is 8.97. The molecule has 2 rings (SSSR count). The Morgan fingerprint density at radius 1 is 1.39 bits per heavy atom. The lowest BCUT2D eigenvalue weighted by Gasteiger charge is -2.38. The summed E-state index contributed by atoms with van der Waals surface area (Å²) in [6, 6.07) is 6.89. The zero-order valence-electron chi connectivity index (χ0n) is 11.6. The SMILES string of the molecule is CCNC1CCN(Cc2ccccn2)CC1CC. The van der Waals surface area contributed by atoms with Gasteiger partial charge in [-0.2, -0.15) is 0 Å². The topological polar surface area (TPSA) is 28.2 Å². The Hall–Kier alpha value is -0.930. The molecule has 100 valence electrons. The molecule has 3 heteroatoms. The van der Waals surface area contributed by atoms with E-state index in [1.54, 1.807) is 0 Å². The fourth-order valence-electron chi connectivity index (χ4n) is 2.92. The summed E-state index contributed by atoms with van der Waals surface area (Å²) in [5, 5.41) is 3.63. The first-order valence-electron chi connectivity index (χ1n) is 7.19. The Bertz CT molecular complexity index is 339. The van der Waals surface area contributed by atoms with Crippen LogP contribution in [0.4, 0.5) is 0 Å². The molecule has 3 nitrogen and oxygen atoms in total. The predicted molar refractivity (Wildman–Crippen MR) is 75.4 cm³/mol. The molecule has 2 atom stereocenters. The molecule has 0 saturated carbocycles. The monoisotopic (exact) mass is 247 g/mol. The maximum absolute atomic E-state index is 4.42. The third-order valence-corrected chi connectivity index (χ3v) is 3.92. The van der Waals surface area contributed by atoms with Crippen LogP contribution in [-0.2, 0) is 6.54 Å². The first kappa shape index (κ1) is 13.5. The number of hydrogen-bond acceptors (Lipinski definition) is 3. The van der Waals surface area contributed by atoms with Gasteiger partial charge >= 0.3 is 0 Å². The minimum atomic E-state index is 0.708. The van der Waals surface area contributed by atoms with Crippen molar-refractivity contribution in [3.63, 3.8) is 0 Å². The van der Waals surface area contributed by atoms with Crippen LogP contribution in [0, 0.1) is 5.92 Å². The standard InChI is InChI=1S/C15H25N3/c1-3-13-11-18(10-8-15(13)16-4-2)12-14-7-5-6-9-17-14/h5-7,9,13,15-16H,3-4,8,10-12H2,1-2H3. The van der Waals surface area contributed by atoms with Crippen molar-refractivity contribution in [2.24, 2.45) is 5.92 Å². The number of pyridine rings is 1. The van der Waals surface area contributed by atoms with Gasteiger partial charge < -0.3 is 5.32 Å². The van der Waals surface area contributed by atoms with Gasteiger partial charge in [0.2, 0.25) is 0 Å². The zero-order valence-corrected chi connectivity index (χ0v) is 11.6. The summed E-state index contributed by atoms with van der Waals surface area (Å²) in [5.74, 6) is 0.780. The first-order valence-corrected chi connectivity index (χ1v) is 7.19. The van der Waals surface area contributed by atoms with Gasteiger partial charge in [-0.15, -0.1) is 0 Å². The molecule has 1 aliphatic heterocycles. The van der Waals surface area contributed by atoms with Gasteiger partial charge in [-0.25, -0.2) is 0 Å². The predicted octanol–water partition coefficient (Wildman–Crippen LogP) is 2.29. The van der Waals surface area contributed by atoms with E-state index >= 15 is 0 Å². The molecule has 0 aromatic carbocycles. The molecule has 1 N–H and O–H groups in total. The highest BCUT2D eigenvalue weighted by Crippen LogP contribution is 2.21. The van der Waals surface area contributed by atoms with Gasteiger partial charge in [0, 0.05) is 31.9 Å². The van der Waals surface area contributed by atoms with Gasteiger partial charge in [0.15, 0.2) is 0 Å². The summed E-state index contributed by atoms with van der Waals surface area (Å²) in [7, 11) is 0. The zero-order chi connectivity index (χ0) is 12.8. The van der Waals surface area contributed by atoms with Gasteiger partial charge in [0.05, 0.1) is 5.69 Å². The number of rotatable bonds is 5. The Morgan fingerprint density at radius 2 is 2.28 bits per heavy atom. The molecule has 1 aliphatic rings. The van der Waals surface area contributed by atoms with E-state index in [1.807, 2.05) is 12.3 Å². The number of likely N-dealkylation sites (tertiary alicyclic amines) is 1. The number of hydrogen-bond donors (Lipinski definition) is 1. The maximum Gasteiger partial charge on any atom is 0.0543 e. The van der Waals surface area contributed by atoms with Crippen molar-refractivity contribution in [1.29, 1.82) is 0 Å². The molecule has 0 bridgehead atoms. The van der Waals surface area contributed by atoms with Crippen LogP contribution in [0.15, 0.2) is 24.4 Å². The van der Waals surface area contributed by atoms with Crippen LogP contribution in [0.5, 0.6) is 0 Å². The molecule has 1 saturated heterocycles. The summed E-state index contributed by atoms with van der Waals surface area (Å²) < 4.78 is 0.